The van der Waals surface area contributed by atoms with Crippen LogP contribution in [0.2, 0.25) is 0 Å². The Morgan fingerprint density at radius 3 is 2.00 bits per heavy atom. The molecule has 0 aromatic rings. The summed E-state index contributed by atoms with van der Waals surface area (Å²) < 4.78 is 35.1. The van der Waals surface area contributed by atoms with Crippen LogP contribution in [-0.2, 0) is 0 Å². The normalized spacial score (nSPS) is 13.3. The summed E-state index contributed by atoms with van der Waals surface area (Å²) in [4.78, 5) is 0. The van der Waals surface area contributed by atoms with Gasteiger partial charge in [0.15, 0.2) is 0 Å². The van der Waals surface area contributed by atoms with Crippen LogP contribution in [0.25, 0.3) is 0 Å². The summed E-state index contributed by atoms with van der Waals surface area (Å²) in [5.74, 6) is 0. The van der Waals surface area contributed by atoms with Gasteiger partial charge < -0.3 is 5.32 Å². The summed E-state index contributed by atoms with van der Waals surface area (Å²) in [6.07, 6.45) is -1.23. The summed E-state index contributed by atoms with van der Waals surface area (Å²) >= 11 is 0. The Bertz CT molecular complexity index is 128. The third kappa shape index (κ3) is 11.8. The van der Waals surface area contributed by atoms with Gasteiger partial charge in [-0.15, -0.1) is 0 Å². The van der Waals surface area contributed by atoms with Crippen molar-refractivity contribution < 1.29 is 13.2 Å². The van der Waals surface area contributed by atoms with Gasteiger partial charge in [0.1, 0.15) is 0 Å². The minimum absolute atomic E-state index is 0.282. The summed E-state index contributed by atoms with van der Waals surface area (Å²) in [6.45, 7) is 5.99. The molecule has 0 aliphatic heterocycles. The maximum atomic E-state index is 11.7. The molecule has 0 aliphatic carbocycles. The molecular weight excluding hydrogens is 191 g/mol. The molecule has 1 N–H and O–H groups in total. The second kappa shape index (κ2) is 5.59. The maximum absolute atomic E-state index is 11.7. The number of hydrogen-bond acceptors (Lipinski definition) is 1. The number of nitrogens with one attached hydrogen (secondary N) is 1. The van der Waals surface area contributed by atoms with Crippen molar-refractivity contribution in [2.75, 3.05) is 13.1 Å². The van der Waals surface area contributed by atoms with E-state index in [1.165, 1.54) is 0 Å². The van der Waals surface area contributed by atoms with Gasteiger partial charge in [0, 0.05) is 0 Å². The first-order valence-electron chi connectivity index (χ1n) is 4.98. The molecule has 0 aromatic carbocycles. The van der Waals surface area contributed by atoms with Gasteiger partial charge in [-0.3, -0.25) is 0 Å². The SMILES string of the molecule is CC(C)(C)CCCCNCC(F)(F)F. The standard InChI is InChI=1S/C10H20F3N/c1-9(2,3)6-4-5-7-14-8-10(11,12)13/h14H,4-8H2,1-3H3. The van der Waals surface area contributed by atoms with Crippen molar-refractivity contribution in [2.45, 2.75) is 46.2 Å². The van der Waals surface area contributed by atoms with Crippen molar-refractivity contribution in [1.82, 2.24) is 5.32 Å². The largest absolute Gasteiger partial charge is 0.401 e. The zero-order chi connectivity index (χ0) is 11.2. The Morgan fingerprint density at radius 1 is 1.00 bits per heavy atom. The summed E-state index contributed by atoms with van der Waals surface area (Å²) in [5, 5.41) is 2.39. The van der Waals surface area contributed by atoms with Gasteiger partial charge in [-0.25, -0.2) is 0 Å². The Labute approximate surface area is 84.1 Å². The average Bonchev–Trinajstić information content (AvgIpc) is 1.92. The molecule has 0 atom stereocenters. The van der Waals surface area contributed by atoms with Gasteiger partial charge in [-0.1, -0.05) is 27.2 Å². The lowest BCUT2D eigenvalue weighted by molar-refractivity contribution is -0.124. The minimum atomic E-state index is -4.08. The Hall–Kier alpha value is -0.250. The molecule has 0 radical (unpaired) electrons. The molecule has 0 saturated carbocycles. The van der Waals surface area contributed by atoms with Crippen molar-refractivity contribution in [3.8, 4) is 0 Å². The molecule has 0 aromatic heterocycles. The van der Waals surface area contributed by atoms with Crippen LogP contribution < -0.4 is 5.32 Å². The van der Waals surface area contributed by atoms with E-state index in [0.717, 1.165) is 19.3 Å². The third-order valence-corrected chi connectivity index (χ3v) is 1.86. The van der Waals surface area contributed by atoms with E-state index in [-0.39, 0.29) is 5.41 Å². The van der Waals surface area contributed by atoms with Gasteiger partial charge in [-0.2, -0.15) is 13.2 Å². The van der Waals surface area contributed by atoms with E-state index >= 15 is 0 Å². The van der Waals surface area contributed by atoms with Gasteiger partial charge in [0.25, 0.3) is 0 Å². The van der Waals surface area contributed by atoms with E-state index in [2.05, 4.69) is 26.1 Å². The van der Waals surface area contributed by atoms with Crippen LogP contribution in [0.15, 0.2) is 0 Å². The lowest BCUT2D eigenvalue weighted by Gasteiger charge is -2.17. The van der Waals surface area contributed by atoms with E-state index in [1.807, 2.05) is 0 Å². The topological polar surface area (TPSA) is 12.0 Å². The molecule has 0 spiro atoms. The molecule has 0 fully saturated rings. The lowest BCUT2D eigenvalue weighted by Crippen LogP contribution is -2.29. The molecule has 0 rings (SSSR count). The van der Waals surface area contributed by atoms with Crippen LogP contribution in [0.1, 0.15) is 40.0 Å². The summed E-state index contributed by atoms with van der Waals surface area (Å²) in [7, 11) is 0. The van der Waals surface area contributed by atoms with Crippen LogP contribution in [0, 0.1) is 5.41 Å². The van der Waals surface area contributed by atoms with Gasteiger partial charge in [-0.05, 0) is 24.8 Å². The first kappa shape index (κ1) is 13.8. The monoisotopic (exact) mass is 211 g/mol. The van der Waals surface area contributed by atoms with Gasteiger partial charge >= 0.3 is 6.18 Å². The number of unbranched alkanes of at least 4 members (excludes halogenated alkanes) is 1. The fraction of sp³-hybridized carbons (Fsp3) is 1.00. The van der Waals surface area contributed by atoms with E-state index in [0.29, 0.717) is 6.54 Å². The highest BCUT2D eigenvalue weighted by Gasteiger charge is 2.25. The minimum Gasteiger partial charge on any atom is -0.309 e. The lowest BCUT2D eigenvalue weighted by atomic mass is 9.90. The highest BCUT2D eigenvalue weighted by Crippen LogP contribution is 2.21. The second-order valence-corrected chi connectivity index (χ2v) is 4.81. The Morgan fingerprint density at radius 2 is 1.57 bits per heavy atom. The molecule has 86 valence electrons. The highest BCUT2D eigenvalue weighted by atomic mass is 19.4. The smallest absolute Gasteiger partial charge is 0.309 e. The second-order valence-electron chi connectivity index (χ2n) is 4.81. The molecule has 0 heterocycles. The third-order valence-electron chi connectivity index (χ3n) is 1.86. The van der Waals surface area contributed by atoms with E-state index in [9.17, 15) is 13.2 Å². The predicted octanol–water partition coefficient (Wildman–Crippen LogP) is 3.35. The summed E-state index contributed by atoms with van der Waals surface area (Å²) in [6, 6.07) is 0. The van der Waals surface area contributed by atoms with Crippen molar-refractivity contribution in [2.24, 2.45) is 5.41 Å². The quantitative estimate of drug-likeness (QED) is 0.687. The average molecular weight is 211 g/mol. The zero-order valence-electron chi connectivity index (χ0n) is 9.17. The van der Waals surface area contributed by atoms with Crippen LogP contribution in [-0.4, -0.2) is 19.3 Å². The highest BCUT2D eigenvalue weighted by molar-refractivity contribution is 4.62. The fourth-order valence-corrected chi connectivity index (χ4v) is 1.14. The molecule has 0 saturated heterocycles. The molecule has 4 heteroatoms. The van der Waals surface area contributed by atoms with E-state index in [1.54, 1.807) is 0 Å². The first-order chi connectivity index (χ1) is 6.21. The molecule has 0 bridgehead atoms. The molecule has 0 aliphatic rings. The number of rotatable bonds is 5. The Kier molecular flexibility index (Phi) is 5.49. The van der Waals surface area contributed by atoms with Gasteiger partial charge in [0.05, 0.1) is 6.54 Å². The molecular formula is C10H20F3N. The summed E-state index contributed by atoms with van der Waals surface area (Å²) in [5.41, 5.74) is 0.282. The molecule has 14 heavy (non-hydrogen) atoms. The number of halogens is 3. The Balaban J connectivity index is 3.23. The van der Waals surface area contributed by atoms with E-state index < -0.39 is 12.7 Å². The molecule has 0 amide bonds. The number of alkyl halides is 3. The van der Waals surface area contributed by atoms with Crippen LogP contribution >= 0.6 is 0 Å². The van der Waals surface area contributed by atoms with Crippen LogP contribution in [0.4, 0.5) is 13.2 Å². The molecule has 1 nitrogen and oxygen atoms in total. The van der Waals surface area contributed by atoms with Crippen molar-refractivity contribution >= 4 is 0 Å². The zero-order valence-corrected chi connectivity index (χ0v) is 9.17. The molecule has 0 unspecified atom stereocenters. The van der Waals surface area contributed by atoms with Crippen molar-refractivity contribution in [3.05, 3.63) is 0 Å². The van der Waals surface area contributed by atoms with E-state index in [4.69, 9.17) is 0 Å². The van der Waals surface area contributed by atoms with Crippen molar-refractivity contribution in [1.29, 1.82) is 0 Å². The predicted molar refractivity (Wildman–Crippen MR) is 52.2 cm³/mol. The fourth-order valence-electron chi connectivity index (χ4n) is 1.14. The van der Waals surface area contributed by atoms with Gasteiger partial charge in [0.2, 0.25) is 0 Å². The number of hydrogen-bond donors (Lipinski definition) is 1. The first-order valence-corrected chi connectivity index (χ1v) is 4.98. The van der Waals surface area contributed by atoms with Crippen LogP contribution in [0.3, 0.4) is 0 Å². The van der Waals surface area contributed by atoms with Crippen molar-refractivity contribution in [3.63, 3.8) is 0 Å². The maximum Gasteiger partial charge on any atom is 0.401 e. The van der Waals surface area contributed by atoms with Crippen LogP contribution in [0.5, 0.6) is 0 Å².